The fourth-order valence-electron chi connectivity index (χ4n) is 2.65. The van der Waals surface area contributed by atoms with E-state index in [-0.39, 0.29) is 22.9 Å². The number of amides is 1. The van der Waals surface area contributed by atoms with Gasteiger partial charge in [0.25, 0.3) is 5.91 Å². The highest BCUT2D eigenvalue weighted by Crippen LogP contribution is 2.24. The fraction of sp³-hybridized carbons (Fsp3) is 0.174. The van der Waals surface area contributed by atoms with Crippen molar-refractivity contribution in [3.63, 3.8) is 0 Å². The maximum atomic E-state index is 12.3. The molecule has 0 aliphatic heterocycles. The molecule has 0 spiro atoms. The lowest BCUT2D eigenvalue weighted by atomic mass is 10.1. The van der Waals surface area contributed by atoms with E-state index in [4.69, 9.17) is 32.4 Å². The van der Waals surface area contributed by atoms with Crippen molar-refractivity contribution in [2.75, 3.05) is 0 Å². The van der Waals surface area contributed by atoms with Crippen LogP contribution in [-0.4, -0.2) is 17.9 Å². The maximum Gasteiger partial charge on any atom is 0.349 e. The third kappa shape index (κ3) is 5.75. The van der Waals surface area contributed by atoms with Crippen LogP contribution in [0.3, 0.4) is 0 Å². The van der Waals surface area contributed by atoms with Crippen molar-refractivity contribution in [3.8, 4) is 5.75 Å². The van der Waals surface area contributed by atoms with E-state index in [9.17, 15) is 14.4 Å². The minimum atomic E-state index is -0.767. The highest BCUT2D eigenvalue weighted by molar-refractivity contribution is 6.42. The molecule has 2 aromatic carbocycles. The topological polar surface area (TPSA) is 85.6 Å². The van der Waals surface area contributed by atoms with E-state index in [0.717, 1.165) is 6.42 Å². The normalized spacial score (nSPS) is 12.1. The summed E-state index contributed by atoms with van der Waals surface area (Å²) in [5, 5.41) is 4.05. The molecule has 0 radical (unpaired) electrons. The summed E-state index contributed by atoms with van der Waals surface area (Å²) in [6.45, 7) is 3.77. The Morgan fingerprint density at radius 1 is 1.13 bits per heavy atom. The second-order valence-electron chi connectivity index (χ2n) is 6.86. The first-order valence-corrected chi connectivity index (χ1v) is 10.3. The van der Waals surface area contributed by atoms with Gasteiger partial charge in [-0.3, -0.25) is 4.79 Å². The van der Waals surface area contributed by atoms with E-state index < -0.39 is 17.5 Å². The summed E-state index contributed by atoms with van der Waals surface area (Å²) < 4.78 is 10.5. The van der Waals surface area contributed by atoms with Crippen molar-refractivity contribution in [2.45, 2.75) is 26.3 Å². The molecule has 0 aliphatic rings. The summed E-state index contributed by atoms with van der Waals surface area (Å²) in [4.78, 5) is 36.6. The van der Waals surface area contributed by atoms with Crippen molar-refractivity contribution >= 4 is 52.1 Å². The Balaban J connectivity index is 1.76. The van der Waals surface area contributed by atoms with E-state index in [1.54, 1.807) is 30.3 Å². The number of rotatable bonds is 6. The molecule has 1 heterocycles. The minimum Gasteiger partial charge on any atom is -0.423 e. The summed E-state index contributed by atoms with van der Waals surface area (Å²) in [5.41, 5.74) is 0.0290. The average molecular weight is 460 g/mol. The lowest BCUT2D eigenvalue weighted by molar-refractivity contribution is -0.128. The van der Waals surface area contributed by atoms with Crippen LogP contribution in [0.1, 0.15) is 36.2 Å². The first kappa shape index (κ1) is 22.6. The summed E-state index contributed by atoms with van der Waals surface area (Å²) in [6, 6.07) is 10.9. The van der Waals surface area contributed by atoms with Gasteiger partial charge in [-0.15, -0.1) is 0 Å². The van der Waals surface area contributed by atoms with E-state index in [2.05, 4.69) is 5.32 Å². The van der Waals surface area contributed by atoms with Gasteiger partial charge in [0.15, 0.2) is 0 Å². The minimum absolute atomic E-state index is 0.0682. The number of hydrogen-bond donors (Lipinski definition) is 1. The maximum absolute atomic E-state index is 12.3. The van der Waals surface area contributed by atoms with Crippen molar-refractivity contribution in [1.29, 1.82) is 0 Å². The number of esters is 1. The molecule has 0 aliphatic carbocycles. The first-order chi connectivity index (χ1) is 14.8. The van der Waals surface area contributed by atoms with Gasteiger partial charge in [0.05, 0.1) is 10.0 Å². The van der Waals surface area contributed by atoms with Gasteiger partial charge in [-0.2, -0.15) is 0 Å². The number of halogens is 2. The molecular formula is C23H19Cl2NO5. The molecule has 1 atom stereocenters. The molecule has 1 unspecified atom stereocenters. The Kier molecular flexibility index (Phi) is 7.15. The van der Waals surface area contributed by atoms with Crippen molar-refractivity contribution < 1.29 is 18.7 Å². The number of benzene rings is 2. The zero-order chi connectivity index (χ0) is 22.5. The van der Waals surface area contributed by atoms with Gasteiger partial charge in [-0.1, -0.05) is 36.2 Å². The molecule has 1 aromatic heterocycles. The van der Waals surface area contributed by atoms with Gasteiger partial charge in [0, 0.05) is 23.6 Å². The number of nitrogens with one attached hydrogen (secondary N) is 1. The van der Waals surface area contributed by atoms with E-state index in [0.29, 0.717) is 21.0 Å². The van der Waals surface area contributed by atoms with Crippen LogP contribution < -0.4 is 15.7 Å². The zero-order valence-electron chi connectivity index (χ0n) is 16.8. The molecule has 1 N–H and O–H groups in total. The lowest BCUT2D eigenvalue weighted by Gasteiger charge is -2.11. The Bertz CT molecular complexity index is 1230. The van der Waals surface area contributed by atoms with Crippen LogP contribution in [0.4, 0.5) is 0 Å². The molecule has 0 bridgehead atoms. The van der Waals surface area contributed by atoms with Crippen LogP contribution in [0.15, 0.2) is 57.8 Å². The first-order valence-electron chi connectivity index (χ1n) is 9.50. The molecule has 0 saturated heterocycles. The molecule has 3 aromatic rings. The molecule has 31 heavy (non-hydrogen) atoms. The van der Waals surface area contributed by atoms with Gasteiger partial charge in [0.1, 0.15) is 16.9 Å². The predicted molar refractivity (Wildman–Crippen MR) is 121 cm³/mol. The second kappa shape index (κ2) is 9.81. The van der Waals surface area contributed by atoms with Gasteiger partial charge in [-0.25, -0.2) is 9.59 Å². The number of hydrogen-bond acceptors (Lipinski definition) is 5. The summed E-state index contributed by atoms with van der Waals surface area (Å²) in [6.07, 6.45) is 3.51. The Hall–Kier alpha value is -3.09. The predicted octanol–water partition coefficient (Wildman–Crippen LogP) is 5.25. The van der Waals surface area contributed by atoms with Gasteiger partial charge < -0.3 is 14.5 Å². The largest absolute Gasteiger partial charge is 0.423 e. The molecule has 0 fully saturated rings. The smallest absolute Gasteiger partial charge is 0.349 e. The zero-order valence-corrected chi connectivity index (χ0v) is 18.3. The highest BCUT2D eigenvalue weighted by atomic mass is 35.5. The van der Waals surface area contributed by atoms with E-state index in [1.807, 2.05) is 13.8 Å². The number of carbonyl (C=O) groups is 2. The van der Waals surface area contributed by atoms with Crippen molar-refractivity contribution in [3.05, 3.63) is 80.1 Å². The Morgan fingerprint density at radius 3 is 2.61 bits per heavy atom. The molecule has 3 rings (SSSR count). The van der Waals surface area contributed by atoms with Crippen LogP contribution in [0, 0.1) is 0 Å². The number of fused-ring (bicyclic) bond motifs is 1. The monoisotopic (exact) mass is 459 g/mol. The van der Waals surface area contributed by atoms with Crippen LogP contribution in [0.2, 0.25) is 10.0 Å². The van der Waals surface area contributed by atoms with E-state index >= 15 is 0 Å². The Morgan fingerprint density at radius 2 is 1.90 bits per heavy atom. The van der Waals surface area contributed by atoms with Crippen LogP contribution in [0.25, 0.3) is 17.0 Å². The van der Waals surface area contributed by atoms with Crippen LogP contribution >= 0.6 is 23.2 Å². The number of carbonyl (C=O) groups excluding carboxylic acids is 2. The Labute approximate surface area is 188 Å². The molecular weight excluding hydrogens is 441 g/mol. The van der Waals surface area contributed by atoms with E-state index in [1.165, 1.54) is 24.3 Å². The SMILES string of the molecule is CCC(C)NC(=O)c1cc2ccc(OC(=O)/C=C/c3ccc(Cl)c(Cl)c3)cc2oc1=O. The van der Waals surface area contributed by atoms with Crippen molar-refractivity contribution in [2.24, 2.45) is 0 Å². The molecule has 0 saturated carbocycles. The fourth-order valence-corrected chi connectivity index (χ4v) is 2.95. The van der Waals surface area contributed by atoms with Gasteiger partial charge in [-0.05, 0) is 55.3 Å². The van der Waals surface area contributed by atoms with Crippen molar-refractivity contribution in [1.82, 2.24) is 5.32 Å². The highest BCUT2D eigenvalue weighted by Gasteiger charge is 2.16. The quantitative estimate of drug-likeness (QED) is 0.235. The summed E-state index contributed by atoms with van der Waals surface area (Å²) in [7, 11) is 0. The van der Waals surface area contributed by atoms with Gasteiger partial charge >= 0.3 is 11.6 Å². The molecule has 1 amide bonds. The summed E-state index contributed by atoms with van der Waals surface area (Å²) >= 11 is 11.8. The van der Waals surface area contributed by atoms with Crippen LogP contribution in [0.5, 0.6) is 5.75 Å². The molecule has 160 valence electrons. The third-order valence-corrected chi connectivity index (χ3v) is 5.25. The average Bonchev–Trinajstić information content (AvgIpc) is 2.73. The second-order valence-corrected chi connectivity index (χ2v) is 7.67. The third-order valence-electron chi connectivity index (χ3n) is 4.52. The van der Waals surface area contributed by atoms with Gasteiger partial charge in [0.2, 0.25) is 0 Å². The molecule has 6 nitrogen and oxygen atoms in total. The lowest BCUT2D eigenvalue weighted by Crippen LogP contribution is -2.34. The number of ether oxygens (including phenoxy) is 1. The molecule has 8 heteroatoms. The standard InChI is InChI=1S/C23H19Cl2NO5/c1-3-13(2)26-22(28)17-11-15-6-7-16(12-20(15)31-23(17)29)30-21(27)9-5-14-4-8-18(24)19(25)10-14/h4-13H,3H2,1-2H3,(H,26,28)/b9-5+. The summed E-state index contributed by atoms with van der Waals surface area (Å²) in [5.74, 6) is -0.929. The van der Waals surface area contributed by atoms with Crippen LogP contribution in [-0.2, 0) is 4.79 Å².